The molecule has 2 fully saturated rings. The summed E-state index contributed by atoms with van der Waals surface area (Å²) < 4.78 is 11.0. The third-order valence-corrected chi connectivity index (χ3v) is 5.79. The Bertz CT molecular complexity index is 636. The Hall–Kier alpha value is -1.79. The Balaban J connectivity index is 2.07. The van der Waals surface area contributed by atoms with Gasteiger partial charge in [-0.05, 0) is 37.5 Å². The van der Waals surface area contributed by atoms with Crippen LogP contribution in [-0.2, 0) is 4.79 Å². The normalized spacial score (nSPS) is 29.7. The highest BCUT2D eigenvalue weighted by atomic mass is 16.5. The van der Waals surface area contributed by atoms with E-state index in [-0.39, 0.29) is 24.4 Å². The lowest BCUT2D eigenvalue weighted by atomic mass is 9.66. The van der Waals surface area contributed by atoms with E-state index in [9.17, 15) is 9.90 Å². The summed E-state index contributed by atoms with van der Waals surface area (Å²) in [5.74, 6) is 1.18. The monoisotopic (exact) mass is 348 g/mol. The summed E-state index contributed by atoms with van der Waals surface area (Å²) in [6, 6.07) is 5.58. The second kappa shape index (κ2) is 7.22. The average molecular weight is 348 g/mol. The standard InChI is InChI=1S/C19H28N2O4/c1-24-13-6-7-16(25-2)14(11-13)18-15-5-3-4-8-19(15,23)9-10-21(18)12-17(20)22/h6-7,11,15,18,23H,3-5,8-10,12H2,1-2H3,(H2,20,22)/t15-,18+,19+/m0/s1. The summed E-state index contributed by atoms with van der Waals surface area (Å²) in [6.07, 6.45) is 4.54. The number of nitrogens with zero attached hydrogens (tertiary/aromatic N) is 1. The highest BCUT2D eigenvalue weighted by Crippen LogP contribution is 2.51. The topological polar surface area (TPSA) is 85.0 Å². The highest BCUT2D eigenvalue weighted by molar-refractivity contribution is 5.76. The first-order valence-electron chi connectivity index (χ1n) is 8.95. The van der Waals surface area contributed by atoms with Crippen LogP contribution in [-0.4, -0.2) is 48.8 Å². The fourth-order valence-electron chi connectivity index (χ4n) is 4.60. The van der Waals surface area contributed by atoms with Crippen LogP contribution >= 0.6 is 0 Å². The number of hydrogen-bond acceptors (Lipinski definition) is 5. The largest absolute Gasteiger partial charge is 0.497 e. The third-order valence-electron chi connectivity index (χ3n) is 5.79. The van der Waals surface area contributed by atoms with E-state index in [1.165, 1.54) is 0 Å². The quantitative estimate of drug-likeness (QED) is 0.848. The molecular formula is C19H28N2O4. The molecule has 0 aromatic heterocycles. The van der Waals surface area contributed by atoms with E-state index >= 15 is 0 Å². The molecule has 1 aliphatic carbocycles. The van der Waals surface area contributed by atoms with E-state index in [0.717, 1.165) is 42.7 Å². The summed E-state index contributed by atoms with van der Waals surface area (Å²) in [4.78, 5) is 13.7. The minimum atomic E-state index is -0.689. The number of primary amides is 1. The van der Waals surface area contributed by atoms with E-state index in [2.05, 4.69) is 4.90 Å². The van der Waals surface area contributed by atoms with Crippen LogP contribution in [0.15, 0.2) is 18.2 Å². The maximum atomic E-state index is 11.6. The van der Waals surface area contributed by atoms with Gasteiger partial charge < -0.3 is 20.3 Å². The average Bonchev–Trinajstić information content (AvgIpc) is 2.60. The van der Waals surface area contributed by atoms with Crippen molar-refractivity contribution < 1.29 is 19.4 Å². The Morgan fingerprint density at radius 1 is 1.32 bits per heavy atom. The number of fused-ring (bicyclic) bond motifs is 1. The molecule has 2 aliphatic rings. The van der Waals surface area contributed by atoms with Crippen molar-refractivity contribution in [3.63, 3.8) is 0 Å². The molecule has 138 valence electrons. The van der Waals surface area contributed by atoms with Gasteiger partial charge in [-0.3, -0.25) is 9.69 Å². The van der Waals surface area contributed by atoms with Gasteiger partial charge in [0, 0.05) is 24.1 Å². The first kappa shape index (κ1) is 18.0. The molecule has 0 unspecified atom stereocenters. The van der Waals surface area contributed by atoms with E-state index in [1.54, 1.807) is 14.2 Å². The van der Waals surface area contributed by atoms with E-state index in [0.29, 0.717) is 13.0 Å². The summed E-state index contributed by atoms with van der Waals surface area (Å²) in [5.41, 5.74) is 5.75. The van der Waals surface area contributed by atoms with Gasteiger partial charge in [-0.15, -0.1) is 0 Å². The van der Waals surface area contributed by atoms with Crippen molar-refractivity contribution in [3.05, 3.63) is 23.8 Å². The maximum Gasteiger partial charge on any atom is 0.231 e. The molecule has 0 spiro atoms. The predicted molar refractivity (Wildman–Crippen MR) is 94.6 cm³/mol. The van der Waals surface area contributed by atoms with Gasteiger partial charge in [0.05, 0.1) is 26.4 Å². The number of rotatable bonds is 5. The molecule has 6 heteroatoms. The SMILES string of the molecule is COc1ccc(OC)c([C@@H]2[C@@H]3CCCC[C@@]3(O)CCN2CC(N)=O)c1. The highest BCUT2D eigenvalue weighted by Gasteiger charge is 2.49. The summed E-state index contributed by atoms with van der Waals surface area (Å²) >= 11 is 0. The molecular weight excluding hydrogens is 320 g/mol. The molecule has 3 atom stereocenters. The van der Waals surface area contributed by atoms with Crippen molar-refractivity contribution in [1.29, 1.82) is 0 Å². The van der Waals surface area contributed by atoms with Gasteiger partial charge in [0.1, 0.15) is 11.5 Å². The van der Waals surface area contributed by atoms with Crippen molar-refractivity contribution in [2.75, 3.05) is 27.3 Å². The van der Waals surface area contributed by atoms with Crippen LogP contribution in [0.5, 0.6) is 11.5 Å². The Morgan fingerprint density at radius 2 is 2.12 bits per heavy atom. The Kier molecular flexibility index (Phi) is 5.20. The second-order valence-corrected chi connectivity index (χ2v) is 7.20. The van der Waals surface area contributed by atoms with Gasteiger partial charge in [0.2, 0.25) is 5.91 Å². The van der Waals surface area contributed by atoms with Gasteiger partial charge in [-0.25, -0.2) is 0 Å². The van der Waals surface area contributed by atoms with Crippen LogP contribution in [0, 0.1) is 5.92 Å². The number of piperidine rings is 1. The van der Waals surface area contributed by atoms with Gasteiger partial charge in [-0.2, -0.15) is 0 Å². The van der Waals surface area contributed by atoms with Gasteiger partial charge in [0.25, 0.3) is 0 Å². The van der Waals surface area contributed by atoms with Crippen LogP contribution in [0.4, 0.5) is 0 Å². The van der Waals surface area contributed by atoms with Crippen LogP contribution in [0.2, 0.25) is 0 Å². The summed E-state index contributed by atoms with van der Waals surface area (Å²) in [6.45, 7) is 0.818. The molecule has 3 rings (SSSR count). The lowest BCUT2D eigenvalue weighted by molar-refractivity contribution is -0.136. The zero-order chi connectivity index (χ0) is 18.0. The number of carbonyl (C=O) groups is 1. The van der Waals surface area contributed by atoms with Crippen molar-refractivity contribution in [3.8, 4) is 11.5 Å². The van der Waals surface area contributed by atoms with Gasteiger partial charge >= 0.3 is 0 Å². The van der Waals surface area contributed by atoms with E-state index in [4.69, 9.17) is 15.2 Å². The number of amides is 1. The maximum absolute atomic E-state index is 11.6. The number of ether oxygens (including phenoxy) is 2. The third kappa shape index (κ3) is 3.46. The number of nitrogens with two attached hydrogens (primary N) is 1. The number of hydrogen-bond donors (Lipinski definition) is 2. The van der Waals surface area contributed by atoms with Crippen LogP contribution in [0.25, 0.3) is 0 Å². The second-order valence-electron chi connectivity index (χ2n) is 7.20. The molecule has 0 bridgehead atoms. The number of benzene rings is 1. The molecule has 25 heavy (non-hydrogen) atoms. The first-order valence-corrected chi connectivity index (χ1v) is 8.95. The number of carbonyl (C=O) groups excluding carboxylic acids is 1. The fourth-order valence-corrected chi connectivity index (χ4v) is 4.60. The van der Waals surface area contributed by atoms with Crippen molar-refractivity contribution in [2.45, 2.75) is 43.7 Å². The molecule has 1 saturated heterocycles. The molecule has 1 aromatic rings. The summed E-state index contributed by atoms with van der Waals surface area (Å²) in [5, 5.41) is 11.2. The molecule has 1 amide bonds. The molecule has 1 aliphatic heterocycles. The molecule has 1 heterocycles. The Morgan fingerprint density at radius 3 is 2.80 bits per heavy atom. The molecule has 0 radical (unpaired) electrons. The Labute approximate surface area is 148 Å². The smallest absolute Gasteiger partial charge is 0.231 e. The molecule has 1 aromatic carbocycles. The number of aliphatic hydroxyl groups is 1. The van der Waals surface area contributed by atoms with Crippen LogP contribution < -0.4 is 15.2 Å². The van der Waals surface area contributed by atoms with Gasteiger partial charge in [0.15, 0.2) is 0 Å². The van der Waals surface area contributed by atoms with Crippen LogP contribution in [0.3, 0.4) is 0 Å². The van der Waals surface area contributed by atoms with E-state index in [1.807, 2.05) is 18.2 Å². The van der Waals surface area contributed by atoms with Crippen molar-refractivity contribution >= 4 is 5.91 Å². The number of methoxy groups -OCH3 is 2. The van der Waals surface area contributed by atoms with Gasteiger partial charge in [-0.1, -0.05) is 12.8 Å². The van der Waals surface area contributed by atoms with Crippen LogP contribution in [0.1, 0.15) is 43.7 Å². The lowest BCUT2D eigenvalue weighted by Gasteiger charge is -2.52. The predicted octanol–water partition coefficient (Wildman–Crippen LogP) is 1.86. The zero-order valence-corrected chi connectivity index (χ0v) is 15.0. The van der Waals surface area contributed by atoms with Crippen molar-refractivity contribution in [1.82, 2.24) is 4.90 Å². The summed E-state index contributed by atoms with van der Waals surface area (Å²) in [7, 11) is 3.27. The zero-order valence-electron chi connectivity index (χ0n) is 15.0. The van der Waals surface area contributed by atoms with E-state index < -0.39 is 5.60 Å². The minimum absolute atomic E-state index is 0.0513. The minimum Gasteiger partial charge on any atom is -0.497 e. The lowest BCUT2D eigenvalue weighted by Crippen LogP contribution is -2.56. The number of likely N-dealkylation sites (tertiary alicyclic amines) is 1. The fraction of sp³-hybridized carbons (Fsp3) is 0.632. The first-order chi connectivity index (χ1) is 12.0. The molecule has 6 nitrogen and oxygen atoms in total. The van der Waals surface area contributed by atoms with Crippen molar-refractivity contribution in [2.24, 2.45) is 11.7 Å². The molecule has 1 saturated carbocycles. The molecule has 3 N–H and O–H groups in total.